The van der Waals surface area contributed by atoms with Gasteiger partial charge in [0.25, 0.3) is 0 Å². The van der Waals surface area contributed by atoms with Crippen LogP contribution in [0, 0.1) is 5.92 Å². The predicted octanol–water partition coefficient (Wildman–Crippen LogP) is 3.25. The van der Waals surface area contributed by atoms with E-state index in [1.807, 2.05) is 42.5 Å². The first-order valence-electron chi connectivity index (χ1n) is 11.4. The third-order valence-electron chi connectivity index (χ3n) is 5.17. The molecule has 1 amide bonds. The number of benzene rings is 2. The third kappa shape index (κ3) is 9.45. The summed E-state index contributed by atoms with van der Waals surface area (Å²) in [7, 11) is 0. The van der Waals surface area contributed by atoms with Crippen LogP contribution in [0.15, 0.2) is 54.6 Å². The maximum absolute atomic E-state index is 12.5. The largest absolute Gasteiger partial charge is 0.466 e. The van der Waals surface area contributed by atoms with Crippen LogP contribution in [0.3, 0.4) is 0 Å². The number of carbonyl (C=O) groups is 3. The first-order valence-corrected chi connectivity index (χ1v) is 11.4. The van der Waals surface area contributed by atoms with Gasteiger partial charge >= 0.3 is 11.9 Å². The molecule has 0 saturated carbocycles. The molecule has 0 aromatic heterocycles. The smallest absolute Gasteiger partial charge is 0.308 e. The van der Waals surface area contributed by atoms with Crippen molar-refractivity contribution in [3.63, 3.8) is 0 Å². The minimum atomic E-state index is -0.455. The molecule has 0 aliphatic carbocycles. The Balaban J connectivity index is 2.03. The van der Waals surface area contributed by atoms with Crippen molar-refractivity contribution in [2.75, 3.05) is 19.8 Å². The fraction of sp³-hybridized carbons (Fsp3) is 0.423. The summed E-state index contributed by atoms with van der Waals surface area (Å²) in [6.45, 7) is 4.25. The molecule has 178 valence electrons. The lowest BCUT2D eigenvalue weighted by atomic mass is 9.94. The number of rotatable bonds is 13. The van der Waals surface area contributed by atoms with Crippen molar-refractivity contribution in [2.45, 2.75) is 45.6 Å². The van der Waals surface area contributed by atoms with Crippen LogP contribution in [-0.2, 0) is 30.3 Å². The zero-order valence-electron chi connectivity index (χ0n) is 19.4. The Kier molecular flexibility index (Phi) is 11.1. The standard InChI is InChI=1S/C26H34N2O5/c1-3-32-26(31)19(2)17-23(28-24(29)13-14-25(30)33-16-15-27)18-20-9-11-22(12-10-20)21-7-5-4-6-8-21/h4-12,19,23H,3,13-18,27H2,1-2H3,(H,28,29)/t19-,23+/m1/s1. The number of esters is 2. The second-order valence-electron chi connectivity index (χ2n) is 7.93. The van der Waals surface area contributed by atoms with Crippen LogP contribution in [0.1, 0.15) is 38.7 Å². The highest BCUT2D eigenvalue weighted by molar-refractivity contribution is 5.81. The van der Waals surface area contributed by atoms with E-state index in [2.05, 4.69) is 17.4 Å². The molecule has 7 heteroatoms. The molecule has 2 aromatic rings. The number of hydrogen-bond acceptors (Lipinski definition) is 6. The van der Waals surface area contributed by atoms with Gasteiger partial charge < -0.3 is 20.5 Å². The van der Waals surface area contributed by atoms with E-state index < -0.39 is 5.97 Å². The summed E-state index contributed by atoms with van der Waals surface area (Å²) in [4.78, 5) is 36.3. The third-order valence-corrected chi connectivity index (χ3v) is 5.17. The van der Waals surface area contributed by atoms with Crippen LogP contribution in [0.4, 0.5) is 0 Å². The Morgan fingerprint density at radius 2 is 1.61 bits per heavy atom. The Morgan fingerprint density at radius 1 is 0.939 bits per heavy atom. The van der Waals surface area contributed by atoms with Crippen molar-refractivity contribution in [3.05, 3.63) is 60.2 Å². The lowest BCUT2D eigenvalue weighted by Gasteiger charge is -2.22. The molecule has 33 heavy (non-hydrogen) atoms. The van der Waals surface area contributed by atoms with E-state index in [9.17, 15) is 14.4 Å². The lowest BCUT2D eigenvalue weighted by molar-refractivity contribution is -0.148. The normalized spacial score (nSPS) is 12.5. The van der Waals surface area contributed by atoms with Gasteiger partial charge in [-0.3, -0.25) is 14.4 Å². The van der Waals surface area contributed by atoms with E-state index >= 15 is 0 Å². The van der Waals surface area contributed by atoms with Crippen LogP contribution in [0.25, 0.3) is 11.1 Å². The van der Waals surface area contributed by atoms with Crippen molar-refractivity contribution < 1.29 is 23.9 Å². The molecule has 0 aliphatic heterocycles. The van der Waals surface area contributed by atoms with Gasteiger partial charge in [0.2, 0.25) is 5.91 Å². The van der Waals surface area contributed by atoms with Crippen LogP contribution >= 0.6 is 0 Å². The van der Waals surface area contributed by atoms with Crippen molar-refractivity contribution in [1.82, 2.24) is 5.32 Å². The number of nitrogens with one attached hydrogen (secondary N) is 1. The maximum Gasteiger partial charge on any atom is 0.308 e. The van der Waals surface area contributed by atoms with Crippen molar-refractivity contribution in [3.8, 4) is 11.1 Å². The van der Waals surface area contributed by atoms with Gasteiger partial charge in [0, 0.05) is 19.0 Å². The highest BCUT2D eigenvalue weighted by Crippen LogP contribution is 2.21. The van der Waals surface area contributed by atoms with E-state index in [4.69, 9.17) is 15.2 Å². The molecule has 0 heterocycles. The molecule has 7 nitrogen and oxygen atoms in total. The molecule has 0 aliphatic rings. The molecule has 3 N–H and O–H groups in total. The van der Waals surface area contributed by atoms with Gasteiger partial charge in [0.15, 0.2) is 0 Å². The van der Waals surface area contributed by atoms with Crippen molar-refractivity contribution in [1.29, 1.82) is 0 Å². The molecular formula is C26H34N2O5. The summed E-state index contributed by atoms with van der Waals surface area (Å²) in [6, 6.07) is 18.0. The molecule has 0 radical (unpaired) electrons. The van der Waals surface area contributed by atoms with Gasteiger partial charge in [-0.05, 0) is 36.5 Å². The fourth-order valence-electron chi connectivity index (χ4n) is 3.51. The van der Waals surface area contributed by atoms with Crippen LogP contribution in [-0.4, -0.2) is 43.6 Å². The van der Waals surface area contributed by atoms with Gasteiger partial charge in [0.05, 0.1) is 18.9 Å². The van der Waals surface area contributed by atoms with Gasteiger partial charge in [-0.15, -0.1) is 0 Å². The molecule has 2 atom stereocenters. The van der Waals surface area contributed by atoms with Crippen molar-refractivity contribution >= 4 is 17.8 Å². The number of nitrogens with two attached hydrogens (primary N) is 1. The van der Waals surface area contributed by atoms with E-state index in [1.165, 1.54) is 0 Å². The Labute approximate surface area is 195 Å². The van der Waals surface area contributed by atoms with Gasteiger partial charge in [0.1, 0.15) is 6.61 Å². The molecule has 0 bridgehead atoms. The maximum atomic E-state index is 12.5. The minimum Gasteiger partial charge on any atom is -0.466 e. The second kappa shape index (κ2) is 14.1. The van der Waals surface area contributed by atoms with Crippen molar-refractivity contribution in [2.24, 2.45) is 11.7 Å². The second-order valence-corrected chi connectivity index (χ2v) is 7.93. The predicted molar refractivity (Wildman–Crippen MR) is 127 cm³/mol. The van der Waals surface area contributed by atoms with Crippen LogP contribution < -0.4 is 11.1 Å². The van der Waals surface area contributed by atoms with Gasteiger partial charge in [-0.1, -0.05) is 61.5 Å². The monoisotopic (exact) mass is 454 g/mol. The lowest BCUT2D eigenvalue weighted by Crippen LogP contribution is -2.39. The summed E-state index contributed by atoms with van der Waals surface area (Å²) in [5, 5.41) is 2.97. The first kappa shape index (κ1) is 26.1. The molecule has 0 spiro atoms. The topological polar surface area (TPSA) is 108 Å². The molecule has 2 rings (SSSR count). The average molecular weight is 455 g/mol. The highest BCUT2D eigenvalue weighted by atomic mass is 16.5. The summed E-state index contributed by atoms with van der Waals surface area (Å²) in [6.07, 6.45) is 0.989. The summed E-state index contributed by atoms with van der Waals surface area (Å²) < 4.78 is 10.0. The number of ether oxygens (including phenoxy) is 2. The number of hydrogen-bond donors (Lipinski definition) is 2. The van der Waals surface area contributed by atoms with Gasteiger partial charge in [-0.25, -0.2) is 0 Å². The zero-order valence-corrected chi connectivity index (χ0v) is 19.4. The molecule has 2 aromatic carbocycles. The van der Waals surface area contributed by atoms with E-state index in [1.54, 1.807) is 13.8 Å². The quantitative estimate of drug-likeness (QED) is 0.450. The SMILES string of the molecule is CCOC(=O)[C@H](C)C[C@@H](Cc1ccc(-c2ccccc2)cc1)NC(=O)CCC(=O)OCCN. The Hall–Kier alpha value is -3.19. The molecule has 0 fully saturated rings. The van der Waals surface area contributed by atoms with Crippen LogP contribution in [0.2, 0.25) is 0 Å². The Bertz CT molecular complexity index is 883. The van der Waals surface area contributed by atoms with Gasteiger partial charge in [-0.2, -0.15) is 0 Å². The zero-order chi connectivity index (χ0) is 24.1. The average Bonchev–Trinajstić information content (AvgIpc) is 2.82. The van der Waals surface area contributed by atoms with E-state index in [-0.39, 0.29) is 49.8 Å². The summed E-state index contributed by atoms with van der Waals surface area (Å²) >= 11 is 0. The Morgan fingerprint density at radius 3 is 2.24 bits per heavy atom. The molecular weight excluding hydrogens is 420 g/mol. The summed E-state index contributed by atoms with van der Waals surface area (Å²) in [5.74, 6) is -1.37. The highest BCUT2D eigenvalue weighted by Gasteiger charge is 2.22. The molecule has 0 saturated heterocycles. The minimum absolute atomic E-state index is 0.0145. The van der Waals surface area contributed by atoms with E-state index in [0.717, 1.165) is 16.7 Å². The first-order chi connectivity index (χ1) is 15.9. The van der Waals surface area contributed by atoms with Crippen LogP contribution in [0.5, 0.6) is 0 Å². The number of amides is 1. The number of carbonyl (C=O) groups excluding carboxylic acids is 3. The van der Waals surface area contributed by atoms with E-state index in [0.29, 0.717) is 19.4 Å². The fourth-order valence-corrected chi connectivity index (χ4v) is 3.51. The molecule has 0 unspecified atom stereocenters. The summed E-state index contributed by atoms with van der Waals surface area (Å²) in [5.41, 5.74) is 8.59.